The first-order valence-electron chi connectivity index (χ1n) is 7.48. The summed E-state index contributed by atoms with van der Waals surface area (Å²) in [6.45, 7) is 0.748. The van der Waals surface area contributed by atoms with Gasteiger partial charge in [0.1, 0.15) is 5.75 Å². The van der Waals surface area contributed by atoms with Gasteiger partial charge in [-0.2, -0.15) is 0 Å². The number of hydrogen-bond acceptors (Lipinski definition) is 3. The number of carbonyl (C=O) groups is 1. The quantitative estimate of drug-likeness (QED) is 0.779. The van der Waals surface area contributed by atoms with Gasteiger partial charge in [0.25, 0.3) is 0 Å². The number of aliphatic hydroxyl groups is 1. The van der Waals surface area contributed by atoms with E-state index in [0.717, 1.165) is 37.0 Å². The second-order valence-electron chi connectivity index (χ2n) is 5.67. The lowest BCUT2D eigenvalue weighted by atomic mass is 9.85. The Labute approximate surface area is 125 Å². The summed E-state index contributed by atoms with van der Waals surface area (Å²) >= 11 is 0. The van der Waals surface area contributed by atoms with E-state index in [0.29, 0.717) is 13.1 Å². The van der Waals surface area contributed by atoms with E-state index >= 15 is 0 Å². The highest BCUT2D eigenvalue weighted by atomic mass is 16.5. The van der Waals surface area contributed by atoms with E-state index in [1.807, 2.05) is 24.3 Å². The Balaban J connectivity index is 1.74. The molecule has 0 heterocycles. The second-order valence-corrected chi connectivity index (χ2v) is 5.67. The molecule has 1 aromatic carbocycles. The van der Waals surface area contributed by atoms with Crippen LogP contribution in [0, 0.1) is 0 Å². The van der Waals surface area contributed by atoms with Crippen LogP contribution in [0.1, 0.15) is 37.7 Å². The minimum absolute atomic E-state index is 0.253. The molecule has 1 aromatic rings. The van der Waals surface area contributed by atoms with Crippen LogP contribution in [0.15, 0.2) is 24.3 Å². The second kappa shape index (κ2) is 7.31. The molecule has 0 bridgehead atoms. The van der Waals surface area contributed by atoms with Gasteiger partial charge in [-0.3, -0.25) is 0 Å². The zero-order valence-corrected chi connectivity index (χ0v) is 12.5. The van der Waals surface area contributed by atoms with E-state index in [4.69, 9.17) is 4.74 Å². The van der Waals surface area contributed by atoms with Crippen LogP contribution < -0.4 is 15.4 Å². The van der Waals surface area contributed by atoms with E-state index in [9.17, 15) is 9.90 Å². The molecule has 21 heavy (non-hydrogen) atoms. The van der Waals surface area contributed by atoms with Crippen LogP contribution in [-0.4, -0.2) is 30.4 Å². The van der Waals surface area contributed by atoms with Crippen molar-refractivity contribution < 1.29 is 14.6 Å². The van der Waals surface area contributed by atoms with Crippen molar-refractivity contribution in [2.24, 2.45) is 0 Å². The molecule has 116 valence electrons. The van der Waals surface area contributed by atoms with Gasteiger partial charge in [-0.15, -0.1) is 0 Å². The van der Waals surface area contributed by atoms with Crippen molar-refractivity contribution in [1.82, 2.24) is 10.6 Å². The van der Waals surface area contributed by atoms with Crippen LogP contribution in [0.4, 0.5) is 4.79 Å². The van der Waals surface area contributed by atoms with E-state index in [-0.39, 0.29) is 6.03 Å². The van der Waals surface area contributed by atoms with Crippen LogP contribution in [0.2, 0.25) is 0 Å². The van der Waals surface area contributed by atoms with Gasteiger partial charge in [0.15, 0.2) is 0 Å². The summed E-state index contributed by atoms with van der Waals surface area (Å²) < 4.78 is 5.14. The number of ether oxygens (including phenoxy) is 1. The van der Waals surface area contributed by atoms with Gasteiger partial charge in [-0.1, -0.05) is 31.4 Å². The van der Waals surface area contributed by atoms with Crippen molar-refractivity contribution in [2.45, 2.75) is 44.2 Å². The zero-order valence-electron chi connectivity index (χ0n) is 12.5. The predicted molar refractivity (Wildman–Crippen MR) is 81.3 cm³/mol. The molecule has 5 nitrogen and oxygen atoms in total. The Hall–Kier alpha value is -1.75. The van der Waals surface area contributed by atoms with Crippen molar-refractivity contribution in [1.29, 1.82) is 0 Å². The van der Waals surface area contributed by atoms with E-state index in [1.165, 1.54) is 6.42 Å². The van der Waals surface area contributed by atoms with Gasteiger partial charge >= 0.3 is 6.03 Å². The molecule has 3 N–H and O–H groups in total. The first-order valence-corrected chi connectivity index (χ1v) is 7.48. The highest BCUT2D eigenvalue weighted by Gasteiger charge is 2.29. The van der Waals surface area contributed by atoms with Gasteiger partial charge in [0.05, 0.1) is 12.7 Å². The van der Waals surface area contributed by atoms with Gasteiger partial charge < -0.3 is 20.5 Å². The molecule has 5 heteroatoms. The first-order chi connectivity index (χ1) is 10.1. The number of nitrogens with one attached hydrogen (secondary N) is 2. The maximum Gasteiger partial charge on any atom is 0.315 e. The van der Waals surface area contributed by atoms with Crippen LogP contribution in [0.5, 0.6) is 5.75 Å². The number of amides is 2. The first kappa shape index (κ1) is 15.6. The number of hydrogen-bond donors (Lipinski definition) is 3. The summed E-state index contributed by atoms with van der Waals surface area (Å²) in [6, 6.07) is 7.31. The molecular formula is C16H24N2O3. The summed E-state index contributed by atoms with van der Waals surface area (Å²) in [4.78, 5) is 11.8. The molecule has 0 aromatic heterocycles. The molecule has 0 spiro atoms. The lowest BCUT2D eigenvalue weighted by Crippen LogP contribution is -2.47. The molecule has 0 radical (unpaired) electrons. The fraction of sp³-hybridized carbons (Fsp3) is 0.562. The van der Waals surface area contributed by atoms with Crippen molar-refractivity contribution in [3.8, 4) is 5.75 Å². The third-order valence-corrected chi connectivity index (χ3v) is 3.95. The number of benzene rings is 1. The fourth-order valence-corrected chi connectivity index (χ4v) is 2.66. The van der Waals surface area contributed by atoms with Gasteiger partial charge in [-0.05, 0) is 30.5 Å². The molecule has 0 atom stereocenters. The smallest absolute Gasteiger partial charge is 0.315 e. The van der Waals surface area contributed by atoms with Crippen molar-refractivity contribution in [3.05, 3.63) is 29.8 Å². The molecule has 0 saturated heterocycles. The SMILES string of the molecule is COc1cccc(CNC(=O)NCC2(O)CCCCC2)c1. The number of methoxy groups -OCH3 is 1. The third kappa shape index (κ3) is 4.93. The van der Waals surface area contributed by atoms with E-state index in [2.05, 4.69) is 10.6 Å². The predicted octanol–water partition coefficient (Wildman–Crippen LogP) is 2.19. The minimum Gasteiger partial charge on any atom is -0.497 e. The molecule has 0 aliphatic heterocycles. The normalized spacial score (nSPS) is 17.0. The molecule has 2 amide bonds. The topological polar surface area (TPSA) is 70.6 Å². The van der Waals surface area contributed by atoms with Crippen LogP contribution in [0.25, 0.3) is 0 Å². The Morgan fingerprint density at radius 3 is 2.76 bits per heavy atom. The minimum atomic E-state index is -0.731. The Morgan fingerprint density at radius 1 is 1.29 bits per heavy atom. The molecule has 1 aliphatic carbocycles. The monoisotopic (exact) mass is 292 g/mol. The fourth-order valence-electron chi connectivity index (χ4n) is 2.66. The number of rotatable bonds is 5. The Bertz CT molecular complexity index is 470. The van der Waals surface area contributed by atoms with Crippen molar-refractivity contribution in [2.75, 3.05) is 13.7 Å². The summed E-state index contributed by atoms with van der Waals surface area (Å²) in [7, 11) is 1.62. The Morgan fingerprint density at radius 2 is 2.05 bits per heavy atom. The largest absolute Gasteiger partial charge is 0.497 e. The van der Waals surface area contributed by atoms with Crippen molar-refractivity contribution >= 4 is 6.03 Å². The highest BCUT2D eigenvalue weighted by Crippen LogP contribution is 2.27. The molecule has 1 saturated carbocycles. The molecule has 2 rings (SSSR count). The molecule has 0 unspecified atom stereocenters. The summed E-state index contributed by atoms with van der Waals surface area (Å²) in [5.74, 6) is 0.770. The summed E-state index contributed by atoms with van der Waals surface area (Å²) in [6.07, 6.45) is 4.77. The number of carbonyl (C=O) groups excluding carboxylic acids is 1. The van der Waals surface area contributed by atoms with Crippen LogP contribution in [0.3, 0.4) is 0 Å². The van der Waals surface area contributed by atoms with Gasteiger partial charge in [0.2, 0.25) is 0 Å². The molecular weight excluding hydrogens is 268 g/mol. The Kier molecular flexibility index (Phi) is 5.44. The molecule has 1 aliphatic rings. The number of urea groups is 1. The van der Waals surface area contributed by atoms with Crippen LogP contribution in [-0.2, 0) is 6.54 Å². The lowest BCUT2D eigenvalue weighted by Gasteiger charge is -2.32. The molecule has 1 fully saturated rings. The maximum absolute atomic E-state index is 11.8. The highest BCUT2D eigenvalue weighted by molar-refractivity contribution is 5.73. The van der Waals surface area contributed by atoms with E-state index in [1.54, 1.807) is 7.11 Å². The summed E-state index contributed by atoms with van der Waals surface area (Å²) in [5, 5.41) is 15.9. The van der Waals surface area contributed by atoms with E-state index < -0.39 is 5.60 Å². The van der Waals surface area contributed by atoms with Crippen molar-refractivity contribution in [3.63, 3.8) is 0 Å². The average molecular weight is 292 g/mol. The maximum atomic E-state index is 11.8. The van der Waals surface area contributed by atoms with Gasteiger partial charge in [-0.25, -0.2) is 4.79 Å². The van der Waals surface area contributed by atoms with Crippen LogP contribution >= 0.6 is 0 Å². The lowest BCUT2D eigenvalue weighted by molar-refractivity contribution is 0.00719. The van der Waals surface area contributed by atoms with Gasteiger partial charge in [0, 0.05) is 13.1 Å². The summed E-state index contributed by atoms with van der Waals surface area (Å²) in [5.41, 5.74) is 0.242. The average Bonchev–Trinajstić information content (AvgIpc) is 2.52. The standard InChI is InChI=1S/C16H24N2O3/c1-21-14-7-5-6-13(10-14)11-17-15(19)18-12-16(20)8-3-2-4-9-16/h5-7,10,20H,2-4,8-9,11-12H2,1H3,(H2,17,18,19). The third-order valence-electron chi connectivity index (χ3n) is 3.95. The zero-order chi connectivity index (χ0) is 15.1.